The van der Waals surface area contributed by atoms with Gasteiger partial charge in [0.15, 0.2) is 11.5 Å². The second-order valence-electron chi connectivity index (χ2n) is 8.14. The van der Waals surface area contributed by atoms with Gasteiger partial charge in [-0.3, -0.25) is 19.3 Å². The Hall–Kier alpha value is -2.68. The number of halogens is 2. The Kier molecular flexibility index (Phi) is 8.26. The number of imide groups is 1. The molecule has 2 fully saturated rings. The van der Waals surface area contributed by atoms with E-state index >= 15 is 0 Å². The summed E-state index contributed by atoms with van der Waals surface area (Å²) in [4.78, 5) is 40.8. The predicted molar refractivity (Wildman–Crippen MR) is 137 cm³/mol. The summed E-state index contributed by atoms with van der Waals surface area (Å²) in [7, 11) is 1.52. The molecule has 2 aromatic carbocycles. The Morgan fingerprint density at radius 1 is 1.06 bits per heavy atom. The van der Waals surface area contributed by atoms with Gasteiger partial charge in [0.2, 0.25) is 5.91 Å². The lowest BCUT2D eigenvalue weighted by atomic mass is 10.1. The van der Waals surface area contributed by atoms with Crippen LogP contribution in [0.25, 0.3) is 6.08 Å². The van der Waals surface area contributed by atoms with Crippen LogP contribution in [-0.2, 0) is 16.2 Å². The third-order valence-electron chi connectivity index (χ3n) is 5.76. The highest BCUT2D eigenvalue weighted by Gasteiger charge is 2.37. The van der Waals surface area contributed by atoms with Gasteiger partial charge in [-0.05, 0) is 66.9 Å². The fourth-order valence-electron chi connectivity index (χ4n) is 3.85. The highest BCUT2D eigenvalue weighted by molar-refractivity contribution is 8.18. The van der Waals surface area contributed by atoms with Gasteiger partial charge in [-0.15, -0.1) is 0 Å². The number of piperidine rings is 1. The number of nitrogens with zero attached hydrogens (tertiary/aromatic N) is 2. The van der Waals surface area contributed by atoms with Crippen molar-refractivity contribution in [2.24, 2.45) is 0 Å². The van der Waals surface area contributed by atoms with Crippen LogP contribution in [0.4, 0.5) is 4.79 Å². The molecule has 4 rings (SSSR count). The van der Waals surface area contributed by atoms with Crippen molar-refractivity contribution in [2.75, 3.05) is 26.7 Å². The van der Waals surface area contributed by atoms with Gasteiger partial charge in [0.05, 0.1) is 12.0 Å². The molecular weight excluding hydrogens is 511 g/mol. The first kappa shape index (κ1) is 25.4. The lowest BCUT2D eigenvalue weighted by Gasteiger charge is -2.27. The molecule has 0 atom stereocenters. The highest BCUT2D eigenvalue weighted by Crippen LogP contribution is 2.35. The van der Waals surface area contributed by atoms with Crippen molar-refractivity contribution in [1.82, 2.24) is 9.80 Å². The van der Waals surface area contributed by atoms with Crippen molar-refractivity contribution in [3.63, 3.8) is 0 Å². The maximum atomic E-state index is 12.8. The smallest absolute Gasteiger partial charge is 0.294 e. The van der Waals surface area contributed by atoms with Gasteiger partial charge in [-0.25, -0.2) is 0 Å². The Bertz CT molecular complexity index is 1180. The quantitative estimate of drug-likeness (QED) is 0.428. The second-order valence-corrected chi connectivity index (χ2v) is 9.98. The van der Waals surface area contributed by atoms with Crippen LogP contribution in [0.3, 0.4) is 0 Å². The molecule has 0 N–H and O–H groups in total. The van der Waals surface area contributed by atoms with Crippen LogP contribution < -0.4 is 9.47 Å². The largest absolute Gasteiger partial charge is 0.493 e. The molecule has 0 spiro atoms. The van der Waals surface area contributed by atoms with E-state index in [1.54, 1.807) is 47.4 Å². The van der Waals surface area contributed by atoms with Crippen LogP contribution in [0.1, 0.15) is 30.4 Å². The van der Waals surface area contributed by atoms with Crippen LogP contribution in [0, 0.1) is 0 Å². The van der Waals surface area contributed by atoms with Gasteiger partial charge in [0.1, 0.15) is 13.2 Å². The number of hydrogen-bond donors (Lipinski definition) is 0. The summed E-state index contributed by atoms with van der Waals surface area (Å²) in [5.41, 5.74) is 1.43. The van der Waals surface area contributed by atoms with E-state index in [1.165, 1.54) is 7.11 Å². The molecule has 2 aliphatic rings. The maximum Gasteiger partial charge on any atom is 0.294 e. The molecule has 2 aromatic rings. The van der Waals surface area contributed by atoms with Crippen molar-refractivity contribution in [3.8, 4) is 11.5 Å². The Morgan fingerprint density at radius 2 is 1.83 bits per heavy atom. The molecule has 0 aliphatic carbocycles. The zero-order chi connectivity index (χ0) is 24.9. The van der Waals surface area contributed by atoms with Crippen molar-refractivity contribution >= 4 is 58.1 Å². The van der Waals surface area contributed by atoms with E-state index in [-0.39, 0.29) is 24.0 Å². The van der Waals surface area contributed by atoms with E-state index in [2.05, 4.69) is 0 Å². The first-order valence-corrected chi connectivity index (χ1v) is 12.7. The third-order valence-corrected chi connectivity index (χ3v) is 7.25. The number of thioether (sulfide) groups is 1. The normalized spacial score (nSPS) is 17.3. The van der Waals surface area contributed by atoms with Gasteiger partial charge in [0, 0.05) is 28.7 Å². The van der Waals surface area contributed by atoms with Gasteiger partial charge < -0.3 is 14.4 Å². The zero-order valence-corrected chi connectivity index (χ0v) is 21.4. The van der Waals surface area contributed by atoms with E-state index in [0.29, 0.717) is 40.2 Å². The molecule has 0 radical (unpaired) electrons. The van der Waals surface area contributed by atoms with Crippen LogP contribution in [0.2, 0.25) is 10.0 Å². The summed E-state index contributed by atoms with van der Waals surface area (Å²) in [5.74, 6) is 0.290. The molecule has 35 heavy (non-hydrogen) atoms. The number of carbonyl (C=O) groups is 3. The predicted octanol–water partition coefficient (Wildman–Crippen LogP) is 5.63. The fourth-order valence-corrected chi connectivity index (χ4v) is 5.16. The first-order valence-electron chi connectivity index (χ1n) is 11.1. The summed E-state index contributed by atoms with van der Waals surface area (Å²) < 4.78 is 11.3. The van der Waals surface area contributed by atoms with Crippen molar-refractivity contribution in [3.05, 3.63) is 62.5 Å². The van der Waals surface area contributed by atoms with Crippen molar-refractivity contribution in [2.45, 2.75) is 25.9 Å². The van der Waals surface area contributed by atoms with Gasteiger partial charge in [-0.1, -0.05) is 35.3 Å². The van der Waals surface area contributed by atoms with E-state index in [1.807, 2.05) is 0 Å². The summed E-state index contributed by atoms with van der Waals surface area (Å²) in [6.45, 7) is 1.33. The molecule has 10 heteroatoms. The molecule has 3 amide bonds. The Labute approximate surface area is 217 Å². The third kappa shape index (κ3) is 6.12. The van der Waals surface area contributed by atoms with E-state index in [9.17, 15) is 14.4 Å². The molecule has 0 saturated carbocycles. The fraction of sp³-hybridized carbons (Fsp3) is 0.320. The summed E-state index contributed by atoms with van der Waals surface area (Å²) in [6.07, 6.45) is 4.60. The number of carbonyl (C=O) groups excluding carboxylic acids is 3. The van der Waals surface area contributed by atoms with Crippen LogP contribution >= 0.6 is 35.0 Å². The molecule has 0 bridgehead atoms. The van der Waals surface area contributed by atoms with Crippen LogP contribution in [0.5, 0.6) is 11.5 Å². The van der Waals surface area contributed by atoms with E-state index < -0.39 is 11.1 Å². The number of likely N-dealkylation sites (tertiary alicyclic amines) is 1. The summed E-state index contributed by atoms with van der Waals surface area (Å²) >= 11 is 13.0. The number of benzene rings is 2. The number of ether oxygens (including phenoxy) is 2. The van der Waals surface area contributed by atoms with Gasteiger partial charge in [0.25, 0.3) is 11.1 Å². The molecular formula is C25H24Cl2N2O5S. The highest BCUT2D eigenvalue weighted by atomic mass is 35.5. The lowest BCUT2D eigenvalue weighted by Crippen LogP contribution is -2.44. The van der Waals surface area contributed by atoms with Gasteiger partial charge in [-0.2, -0.15) is 0 Å². The van der Waals surface area contributed by atoms with Gasteiger partial charge >= 0.3 is 0 Å². The lowest BCUT2D eigenvalue weighted by molar-refractivity contribution is -0.136. The number of rotatable bonds is 7. The zero-order valence-electron chi connectivity index (χ0n) is 19.1. The molecule has 2 aliphatic heterocycles. The minimum Gasteiger partial charge on any atom is -0.493 e. The topological polar surface area (TPSA) is 76.2 Å². The number of amides is 3. The van der Waals surface area contributed by atoms with Crippen LogP contribution in [0.15, 0.2) is 41.3 Å². The molecule has 2 heterocycles. The van der Waals surface area contributed by atoms with Crippen LogP contribution in [-0.4, -0.2) is 53.6 Å². The number of methoxy groups -OCH3 is 1. The first-order chi connectivity index (χ1) is 16.9. The SMILES string of the molecule is COc1cc(/C=C2\SC(=O)N(CC(=O)N3CCCCC3)C2=O)ccc1OCc1ccc(Cl)cc1Cl. The summed E-state index contributed by atoms with van der Waals surface area (Å²) in [6, 6.07) is 10.4. The molecule has 2 saturated heterocycles. The number of hydrogen-bond acceptors (Lipinski definition) is 6. The molecule has 0 unspecified atom stereocenters. The molecule has 184 valence electrons. The average molecular weight is 535 g/mol. The molecule has 7 nitrogen and oxygen atoms in total. The maximum absolute atomic E-state index is 12.8. The Balaban J connectivity index is 1.44. The average Bonchev–Trinajstić information content (AvgIpc) is 3.11. The summed E-state index contributed by atoms with van der Waals surface area (Å²) in [5, 5.41) is 0.599. The van der Waals surface area contributed by atoms with Crippen molar-refractivity contribution < 1.29 is 23.9 Å². The standard InChI is InChI=1S/C25H24Cl2N2O5S/c1-33-21-11-16(5-8-20(21)34-15-17-6-7-18(26)13-19(17)27)12-22-24(31)29(25(32)35-22)14-23(30)28-9-3-2-4-10-28/h5-8,11-13H,2-4,9-10,14-15H2,1H3/b22-12-. The minimum atomic E-state index is -0.470. The van der Waals surface area contributed by atoms with Crippen molar-refractivity contribution in [1.29, 1.82) is 0 Å². The second kappa shape index (κ2) is 11.4. The Morgan fingerprint density at radius 3 is 2.54 bits per heavy atom. The van der Waals surface area contributed by atoms with E-state index in [0.717, 1.165) is 41.5 Å². The van der Waals surface area contributed by atoms with E-state index in [4.69, 9.17) is 32.7 Å². The minimum absolute atomic E-state index is 0.197. The monoisotopic (exact) mass is 534 g/mol. The molecule has 0 aromatic heterocycles.